The molecule has 0 saturated heterocycles. The van der Waals surface area contributed by atoms with Crippen molar-refractivity contribution in [3.8, 4) is 0 Å². The molecule has 0 bridgehead atoms. The molecule has 0 fully saturated rings. The summed E-state index contributed by atoms with van der Waals surface area (Å²) in [7, 11) is 3.62. The molecule has 0 spiro atoms. The minimum absolute atomic E-state index is 0.138. The summed E-state index contributed by atoms with van der Waals surface area (Å²) in [6.45, 7) is 1.48. The molecule has 0 aliphatic rings. The van der Waals surface area contributed by atoms with E-state index in [1.54, 1.807) is 7.05 Å². The van der Waals surface area contributed by atoms with E-state index >= 15 is 0 Å². The number of aliphatic hydroxyl groups is 1. The summed E-state index contributed by atoms with van der Waals surface area (Å²) in [5.74, 6) is -0.346. The van der Waals surface area contributed by atoms with Crippen molar-refractivity contribution in [1.29, 1.82) is 0 Å². The predicted octanol–water partition coefficient (Wildman–Crippen LogP) is 0.556. The molecule has 1 aromatic heterocycles. The Morgan fingerprint density at radius 2 is 2.24 bits per heavy atom. The summed E-state index contributed by atoms with van der Waals surface area (Å²) in [6.07, 6.45) is 0. The number of likely N-dealkylation sites (N-methyl/N-ethyl adjacent to an activating group) is 1. The first-order valence-corrected chi connectivity index (χ1v) is 5.49. The first-order valence-electron chi connectivity index (χ1n) is 5.49. The maximum atomic E-state index is 11.3. The fraction of sp³-hybridized carbons (Fsp3) is 0.417. The molecule has 2 rings (SSSR count). The van der Waals surface area contributed by atoms with Gasteiger partial charge in [-0.2, -0.15) is 0 Å². The van der Waals surface area contributed by atoms with Gasteiger partial charge >= 0.3 is 5.76 Å². The molecule has 17 heavy (non-hydrogen) atoms. The molecule has 0 saturated carbocycles. The average Bonchev–Trinajstić information content (AvgIpc) is 2.55. The zero-order chi connectivity index (χ0) is 12.4. The predicted molar refractivity (Wildman–Crippen MR) is 64.9 cm³/mol. The van der Waals surface area contributed by atoms with E-state index in [1.807, 2.05) is 30.1 Å². The van der Waals surface area contributed by atoms with Gasteiger partial charge in [0.2, 0.25) is 0 Å². The van der Waals surface area contributed by atoms with E-state index in [1.165, 1.54) is 4.57 Å². The fourth-order valence-electron chi connectivity index (χ4n) is 1.84. The van der Waals surface area contributed by atoms with Gasteiger partial charge in [0.05, 0.1) is 12.1 Å². The summed E-state index contributed by atoms with van der Waals surface area (Å²) in [4.78, 5) is 13.3. The number of oxazole rings is 1. The number of hydrogen-bond acceptors (Lipinski definition) is 4. The lowest BCUT2D eigenvalue weighted by Gasteiger charge is -2.14. The standard InChI is InChI=1S/C12H16N2O3/c1-13(5-6-15)8-9-3-4-10-11(7-9)17-12(16)14(10)2/h3-4,7,15H,5-6,8H2,1-2H3. The molecule has 0 amide bonds. The van der Waals surface area contributed by atoms with Crippen molar-refractivity contribution in [2.75, 3.05) is 20.2 Å². The Hall–Kier alpha value is -1.59. The molecule has 5 heteroatoms. The van der Waals surface area contributed by atoms with Crippen LogP contribution in [-0.2, 0) is 13.6 Å². The van der Waals surface area contributed by atoms with Crippen molar-refractivity contribution in [2.24, 2.45) is 7.05 Å². The van der Waals surface area contributed by atoms with Crippen molar-refractivity contribution in [3.63, 3.8) is 0 Å². The fourth-order valence-corrected chi connectivity index (χ4v) is 1.84. The molecule has 2 aromatic rings. The number of benzene rings is 1. The van der Waals surface area contributed by atoms with E-state index in [9.17, 15) is 4.79 Å². The van der Waals surface area contributed by atoms with Crippen LogP contribution in [0.1, 0.15) is 5.56 Å². The SMILES string of the molecule is CN(CCO)Cc1ccc2c(c1)oc(=O)n2C. The largest absolute Gasteiger partial charge is 0.419 e. The second-order valence-corrected chi connectivity index (χ2v) is 4.19. The van der Waals surface area contributed by atoms with Crippen LogP contribution < -0.4 is 5.76 Å². The van der Waals surface area contributed by atoms with Gasteiger partial charge in [-0.25, -0.2) is 4.79 Å². The number of aliphatic hydroxyl groups excluding tert-OH is 1. The zero-order valence-electron chi connectivity index (χ0n) is 10.0. The van der Waals surface area contributed by atoms with Crippen LogP contribution in [0.3, 0.4) is 0 Å². The van der Waals surface area contributed by atoms with Crippen molar-refractivity contribution in [1.82, 2.24) is 9.47 Å². The Kier molecular flexibility index (Phi) is 3.31. The minimum atomic E-state index is -0.346. The first-order chi connectivity index (χ1) is 8.11. The minimum Gasteiger partial charge on any atom is -0.408 e. The quantitative estimate of drug-likeness (QED) is 0.842. The Morgan fingerprint density at radius 1 is 1.47 bits per heavy atom. The molecule has 0 atom stereocenters. The van der Waals surface area contributed by atoms with Gasteiger partial charge in [-0.05, 0) is 24.7 Å². The van der Waals surface area contributed by atoms with Crippen LogP contribution in [0, 0.1) is 0 Å². The second kappa shape index (κ2) is 4.73. The molecule has 0 radical (unpaired) electrons. The lowest BCUT2D eigenvalue weighted by molar-refractivity contribution is 0.217. The molecule has 1 N–H and O–H groups in total. The highest BCUT2D eigenvalue weighted by Gasteiger charge is 2.07. The van der Waals surface area contributed by atoms with E-state index in [0.717, 1.165) is 17.6 Å². The van der Waals surface area contributed by atoms with E-state index in [-0.39, 0.29) is 12.4 Å². The van der Waals surface area contributed by atoms with Gasteiger partial charge < -0.3 is 9.52 Å². The summed E-state index contributed by atoms with van der Waals surface area (Å²) in [6, 6.07) is 5.71. The summed E-state index contributed by atoms with van der Waals surface area (Å²) >= 11 is 0. The van der Waals surface area contributed by atoms with Crippen LogP contribution in [-0.4, -0.2) is 34.8 Å². The molecule has 5 nitrogen and oxygen atoms in total. The number of aromatic nitrogens is 1. The molecule has 0 aliphatic heterocycles. The number of hydrogen-bond donors (Lipinski definition) is 1. The Bertz CT molecular complexity index is 571. The highest BCUT2D eigenvalue weighted by Crippen LogP contribution is 2.15. The van der Waals surface area contributed by atoms with Gasteiger partial charge in [0.1, 0.15) is 0 Å². The number of fused-ring (bicyclic) bond motifs is 1. The third kappa shape index (κ3) is 2.40. The van der Waals surface area contributed by atoms with Gasteiger partial charge in [0, 0.05) is 20.1 Å². The molecule has 92 valence electrons. The maximum absolute atomic E-state index is 11.3. The molecule has 1 aromatic carbocycles. The van der Waals surface area contributed by atoms with Crippen LogP contribution in [0.5, 0.6) is 0 Å². The number of aryl methyl sites for hydroxylation is 1. The van der Waals surface area contributed by atoms with Gasteiger partial charge in [0.15, 0.2) is 5.58 Å². The van der Waals surface area contributed by atoms with Crippen LogP contribution in [0.4, 0.5) is 0 Å². The third-order valence-corrected chi connectivity index (χ3v) is 2.79. The second-order valence-electron chi connectivity index (χ2n) is 4.19. The lowest BCUT2D eigenvalue weighted by Crippen LogP contribution is -2.21. The topological polar surface area (TPSA) is 58.6 Å². The van der Waals surface area contributed by atoms with Crippen LogP contribution in [0.2, 0.25) is 0 Å². The Labute approximate surface area is 98.9 Å². The summed E-state index contributed by atoms with van der Waals surface area (Å²) in [5.41, 5.74) is 2.46. The van der Waals surface area contributed by atoms with E-state index in [2.05, 4.69) is 0 Å². The van der Waals surface area contributed by atoms with Crippen molar-refractivity contribution < 1.29 is 9.52 Å². The molecular weight excluding hydrogens is 220 g/mol. The lowest BCUT2D eigenvalue weighted by atomic mass is 10.2. The van der Waals surface area contributed by atoms with Gasteiger partial charge in [0.25, 0.3) is 0 Å². The molecule has 1 heterocycles. The number of rotatable bonds is 4. The molecular formula is C12H16N2O3. The van der Waals surface area contributed by atoms with E-state index in [0.29, 0.717) is 12.1 Å². The summed E-state index contributed by atoms with van der Waals surface area (Å²) in [5, 5.41) is 8.82. The number of nitrogens with zero attached hydrogens (tertiary/aromatic N) is 2. The van der Waals surface area contributed by atoms with Crippen LogP contribution >= 0.6 is 0 Å². The van der Waals surface area contributed by atoms with Gasteiger partial charge in [-0.15, -0.1) is 0 Å². The van der Waals surface area contributed by atoms with Crippen molar-refractivity contribution >= 4 is 11.1 Å². The van der Waals surface area contributed by atoms with Crippen LogP contribution in [0.25, 0.3) is 11.1 Å². The smallest absolute Gasteiger partial charge is 0.408 e. The molecule has 0 unspecified atom stereocenters. The zero-order valence-corrected chi connectivity index (χ0v) is 10.0. The average molecular weight is 236 g/mol. The molecule has 0 aliphatic carbocycles. The normalized spacial score (nSPS) is 11.5. The Morgan fingerprint density at radius 3 is 2.94 bits per heavy atom. The monoisotopic (exact) mass is 236 g/mol. The Balaban J connectivity index is 2.29. The first kappa shape index (κ1) is 11.9. The van der Waals surface area contributed by atoms with Gasteiger partial charge in [-0.3, -0.25) is 9.47 Å². The maximum Gasteiger partial charge on any atom is 0.419 e. The summed E-state index contributed by atoms with van der Waals surface area (Å²) < 4.78 is 6.60. The van der Waals surface area contributed by atoms with E-state index < -0.39 is 0 Å². The third-order valence-electron chi connectivity index (χ3n) is 2.79. The van der Waals surface area contributed by atoms with E-state index in [4.69, 9.17) is 9.52 Å². The van der Waals surface area contributed by atoms with Crippen molar-refractivity contribution in [3.05, 3.63) is 34.3 Å². The highest BCUT2D eigenvalue weighted by atomic mass is 16.4. The highest BCUT2D eigenvalue weighted by molar-refractivity contribution is 5.73. The van der Waals surface area contributed by atoms with Crippen molar-refractivity contribution in [2.45, 2.75) is 6.54 Å². The van der Waals surface area contributed by atoms with Gasteiger partial charge in [-0.1, -0.05) is 6.07 Å². The van der Waals surface area contributed by atoms with Crippen LogP contribution in [0.15, 0.2) is 27.4 Å².